The summed E-state index contributed by atoms with van der Waals surface area (Å²) in [5, 5.41) is 15.5. The molecule has 0 saturated carbocycles. The number of rotatable bonds is 3. The molecule has 0 atom stereocenters. The van der Waals surface area contributed by atoms with Gasteiger partial charge in [-0.2, -0.15) is 0 Å². The fourth-order valence-electron chi connectivity index (χ4n) is 0.936. The van der Waals surface area contributed by atoms with Crippen LogP contribution in [0.4, 0.5) is 0 Å². The Morgan fingerprint density at radius 1 is 1.33 bits per heavy atom. The van der Waals surface area contributed by atoms with Crippen LogP contribution in [0.1, 0.15) is 10.4 Å². The van der Waals surface area contributed by atoms with Gasteiger partial charge in [-0.15, -0.1) is 0 Å². The number of primary sulfonamides is 1. The van der Waals surface area contributed by atoms with E-state index in [2.05, 4.69) is 5.16 Å². The molecule has 1 rings (SSSR count). The maximum absolute atomic E-state index is 11.1. The van der Waals surface area contributed by atoms with Gasteiger partial charge in [0, 0.05) is 5.56 Å². The van der Waals surface area contributed by atoms with Crippen molar-refractivity contribution in [3.63, 3.8) is 0 Å². The van der Waals surface area contributed by atoms with E-state index in [-0.39, 0.29) is 10.5 Å². The molecule has 0 radical (unpaired) electrons. The topological polar surface area (TPSA) is 110 Å². The largest absolute Gasteiger partial charge is 0.411 e. The van der Waals surface area contributed by atoms with Gasteiger partial charge < -0.3 is 5.21 Å². The van der Waals surface area contributed by atoms with Gasteiger partial charge in [0.25, 0.3) is 0 Å². The summed E-state index contributed by atoms with van der Waals surface area (Å²) in [5.41, 5.74) is 0.209. The molecule has 0 unspecified atom stereocenters. The van der Waals surface area contributed by atoms with E-state index in [1.165, 1.54) is 24.3 Å². The standard InChI is InChI=1S/C8H8N2O4S/c9-15(13,14)7-3-1-6(2-4-7)8(11)5-10-12/h1-5,12H,(H2,9,13,14). The van der Waals surface area contributed by atoms with Gasteiger partial charge in [0.15, 0.2) is 0 Å². The van der Waals surface area contributed by atoms with Crippen molar-refractivity contribution in [1.29, 1.82) is 0 Å². The smallest absolute Gasteiger partial charge is 0.238 e. The quantitative estimate of drug-likeness (QED) is 0.327. The van der Waals surface area contributed by atoms with E-state index in [1.807, 2.05) is 0 Å². The van der Waals surface area contributed by atoms with Gasteiger partial charge in [-0.1, -0.05) is 5.16 Å². The van der Waals surface area contributed by atoms with Gasteiger partial charge >= 0.3 is 0 Å². The van der Waals surface area contributed by atoms with E-state index in [0.717, 1.165) is 0 Å². The summed E-state index contributed by atoms with van der Waals surface area (Å²) >= 11 is 0. The van der Waals surface area contributed by atoms with Crippen LogP contribution in [0.15, 0.2) is 34.3 Å². The maximum atomic E-state index is 11.1. The molecule has 1 aromatic carbocycles. The number of carbonyl (C=O) groups excluding carboxylic acids is 1. The SMILES string of the molecule is NS(=O)(=O)c1ccc(C(=O)C=NO)cc1. The van der Waals surface area contributed by atoms with Crippen molar-refractivity contribution >= 4 is 22.0 Å². The number of benzene rings is 1. The second-order valence-corrected chi connectivity index (χ2v) is 4.24. The Bertz CT molecular complexity index is 490. The summed E-state index contributed by atoms with van der Waals surface area (Å²) < 4.78 is 21.7. The average molecular weight is 228 g/mol. The molecule has 0 heterocycles. The first-order chi connectivity index (χ1) is 6.95. The van der Waals surface area contributed by atoms with Crippen molar-refractivity contribution in [2.75, 3.05) is 0 Å². The summed E-state index contributed by atoms with van der Waals surface area (Å²) in [6.07, 6.45) is 0.714. The lowest BCUT2D eigenvalue weighted by atomic mass is 10.1. The Kier molecular flexibility index (Phi) is 3.17. The van der Waals surface area contributed by atoms with Crippen molar-refractivity contribution in [1.82, 2.24) is 0 Å². The second-order valence-electron chi connectivity index (χ2n) is 2.68. The minimum Gasteiger partial charge on any atom is -0.411 e. The number of hydrogen-bond donors (Lipinski definition) is 2. The first-order valence-corrected chi connectivity index (χ1v) is 5.34. The number of nitrogens with two attached hydrogens (primary N) is 1. The molecule has 3 N–H and O–H groups in total. The Morgan fingerprint density at radius 2 is 1.87 bits per heavy atom. The van der Waals surface area contributed by atoms with Crippen molar-refractivity contribution in [3.05, 3.63) is 29.8 Å². The van der Waals surface area contributed by atoms with Gasteiger partial charge in [-0.05, 0) is 24.3 Å². The van der Waals surface area contributed by atoms with E-state index in [1.54, 1.807) is 0 Å². The number of sulfonamides is 1. The highest BCUT2D eigenvalue weighted by Gasteiger charge is 2.08. The second kappa shape index (κ2) is 4.20. The Hall–Kier alpha value is -1.73. The number of hydrogen-bond acceptors (Lipinski definition) is 5. The first-order valence-electron chi connectivity index (χ1n) is 3.80. The molecule has 0 aliphatic heterocycles. The van der Waals surface area contributed by atoms with Crippen molar-refractivity contribution in [2.45, 2.75) is 4.90 Å². The van der Waals surface area contributed by atoms with E-state index in [0.29, 0.717) is 6.21 Å². The molecule has 0 spiro atoms. The number of oxime groups is 1. The molecule has 0 saturated heterocycles. The van der Waals surface area contributed by atoms with E-state index in [4.69, 9.17) is 10.3 Å². The molecule has 6 nitrogen and oxygen atoms in total. The lowest BCUT2D eigenvalue weighted by molar-refractivity contribution is 0.106. The van der Waals surface area contributed by atoms with Crippen LogP contribution in [-0.2, 0) is 10.0 Å². The minimum absolute atomic E-state index is 0.0833. The monoisotopic (exact) mass is 228 g/mol. The van der Waals surface area contributed by atoms with Crippen LogP contribution in [-0.4, -0.2) is 25.6 Å². The number of nitrogens with zero attached hydrogens (tertiary/aromatic N) is 1. The number of Topliss-reactive ketones (excluding diaryl/α,β-unsaturated/α-hetero) is 1. The highest BCUT2D eigenvalue weighted by atomic mass is 32.2. The van der Waals surface area contributed by atoms with Crippen LogP contribution in [0.3, 0.4) is 0 Å². The van der Waals surface area contributed by atoms with Crippen LogP contribution in [0.5, 0.6) is 0 Å². The van der Waals surface area contributed by atoms with Gasteiger partial charge in [0.2, 0.25) is 15.8 Å². The molecule has 15 heavy (non-hydrogen) atoms. The fraction of sp³-hybridized carbons (Fsp3) is 0. The van der Waals surface area contributed by atoms with Crippen molar-refractivity contribution < 1.29 is 18.4 Å². The molecule has 7 heteroatoms. The molecule has 0 fully saturated rings. The zero-order valence-electron chi connectivity index (χ0n) is 7.49. The third-order valence-corrected chi connectivity index (χ3v) is 2.57. The summed E-state index contributed by atoms with van der Waals surface area (Å²) in [4.78, 5) is 11.0. The Morgan fingerprint density at radius 3 is 2.27 bits per heavy atom. The molecule has 0 amide bonds. The molecule has 0 aliphatic rings. The summed E-state index contributed by atoms with van der Waals surface area (Å²) in [7, 11) is -3.75. The summed E-state index contributed by atoms with van der Waals surface area (Å²) in [6, 6.07) is 4.97. The zero-order valence-corrected chi connectivity index (χ0v) is 8.31. The van der Waals surface area contributed by atoms with E-state index < -0.39 is 15.8 Å². The first kappa shape index (κ1) is 11.3. The van der Waals surface area contributed by atoms with Crippen LogP contribution in [0, 0.1) is 0 Å². The fourth-order valence-corrected chi connectivity index (χ4v) is 1.45. The van der Waals surface area contributed by atoms with Crippen molar-refractivity contribution in [3.8, 4) is 0 Å². The van der Waals surface area contributed by atoms with Gasteiger partial charge in [0.1, 0.15) is 6.21 Å². The molecule has 80 valence electrons. The molecule has 0 aliphatic carbocycles. The highest BCUT2D eigenvalue weighted by molar-refractivity contribution is 7.89. The average Bonchev–Trinajstić information content (AvgIpc) is 2.17. The van der Waals surface area contributed by atoms with E-state index in [9.17, 15) is 13.2 Å². The van der Waals surface area contributed by atoms with Crippen LogP contribution in [0.2, 0.25) is 0 Å². The van der Waals surface area contributed by atoms with Crippen molar-refractivity contribution in [2.24, 2.45) is 10.3 Å². The van der Waals surface area contributed by atoms with Gasteiger partial charge in [-0.25, -0.2) is 13.6 Å². The molecular formula is C8H8N2O4S. The minimum atomic E-state index is -3.75. The van der Waals surface area contributed by atoms with Crippen LogP contribution >= 0.6 is 0 Å². The third-order valence-electron chi connectivity index (χ3n) is 1.64. The molecule has 0 aromatic heterocycles. The van der Waals surface area contributed by atoms with Crippen LogP contribution < -0.4 is 5.14 Å². The summed E-state index contributed by atoms with van der Waals surface area (Å²) in [6.45, 7) is 0. The van der Waals surface area contributed by atoms with Crippen LogP contribution in [0.25, 0.3) is 0 Å². The third kappa shape index (κ3) is 2.86. The molecular weight excluding hydrogens is 220 g/mol. The highest BCUT2D eigenvalue weighted by Crippen LogP contribution is 2.08. The number of ketones is 1. The Labute approximate surface area is 86.1 Å². The van der Waals surface area contributed by atoms with Gasteiger partial charge in [0.05, 0.1) is 4.90 Å². The number of carbonyl (C=O) groups is 1. The molecule has 1 aromatic rings. The Balaban J connectivity index is 3.06. The normalized spacial score (nSPS) is 11.8. The zero-order chi connectivity index (χ0) is 11.5. The predicted molar refractivity (Wildman–Crippen MR) is 52.4 cm³/mol. The van der Waals surface area contributed by atoms with Gasteiger partial charge in [-0.3, -0.25) is 4.79 Å². The van der Waals surface area contributed by atoms with E-state index >= 15 is 0 Å². The maximum Gasteiger partial charge on any atom is 0.238 e. The summed E-state index contributed by atoms with van der Waals surface area (Å²) in [5.74, 6) is -0.529. The molecule has 0 bridgehead atoms. The lowest BCUT2D eigenvalue weighted by Gasteiger charge is -1.98. The predicted octanol–water partition coefficient (Wildman–Crippen LogP) is -0.0233. The lowest BCUT2D eigenvalue weighted by Crippen LogP contribution is -2.12.